The summed E-state index contributed by atoms with van der Waals surface area (Å²) in [6, 6.07) is 0. The van der Waals surface area contributed by atoms with E-state index in [9.17, 15) is 4.79 Å². The third kappa shape index (κ3) is 1.56. The van der Waals surface area contributed by atoms with E-state index < -0.39 is 11.9 Å². The highest BCUT2D eigenvalue weighted by molar-refractivity contribution is 9.10. The molecule has 1 aliphatic carbocycles. The molecule has 1 aromatic heterocycles. The Balaban J connectivity index is 2.39. The third-order valence-corrected chi connectivity index (χ3v) is 3.20. The fourth-order valence-corrected chi connectivity index (χ4v) is 2.34. The Hall–Kier alpha value is -0.840. The lowest BCUT2D eigenvalue weighted by molar-refractivity contribution is -0.139. The number of carbonyl (C=O) groups is 1. The Morgan fingerprint density at radius 1 is 1.79 bits per heavy atom. The Labute approximate surface area is 90.0 Å². The molecule has 1 atom stereocenters. The molecule has 0 amide bonds. The topological polar surface area (TPSA) is 55.1 Å². The van der Waals surface area contributed by atoms with Crippen LogP contribution in [0.1, 0.15) is 24.5 Å². The van der Waals surface area contributed by atoms with Gasteiger partial charge in [0.25, 0.3) is 0 Å². The average molecular weight is 259 g/mol. The number of nitrogens with zero attached hydrogens (tertiary/aromatic N) is 2. The molecule has 5 heteroatoms. The Morgan fingerprint density at radius 3 is 2.79 bits per heavy atom. The number of aryl methyl sites for hydroxylation is 1. The van der Waals surface area contributed by atoms with Crippen LogP contribution < -0.4 is 0 Å². The second-order valence-corrected chi connectivity index (χ2v) is 4.51. The van der Waals surface area contributed by atoms with Gasteiger partial charge in [-0.2, -0.15) is 5.10 Å². The quantitative estimate of drug-likeness (QED) is 0.899. The molecule has 1 fully saturated rings. The zero-order chi connectivity index (χ0) is 10.3. The molecule has 1 saturated carbocycles. The number of carboxylic acids is 1. The third-order valence-electron chi connectivity index (χ3n) is 2.59. The van der Waals surface area contributed by atoms with Gasteiger partial charge >= 0.3 is 5.97 Å². The highest BCUT2D eigenvalue weighted by Crippen LogP contribution is 2.44. The number of aliphatic carboxylic acids is 1. The van der Waals surface area contributed by atoms with Gasteiger partial charge in [-0.3, -0.25) is 9.48 Å². The number of hydrogen-bond donors (Lipinski definition) is 1. The highest BCUT2D eigenvalue weighted by atomic mass is 79.9. The van der Waals surface area contributed by atoms with Crippen molar-refractivity contribution in [2.24, 2.45) is 13.0 Å². The first-order valence-electron chi connectivity index (χ1n) is 4.51. The van der Waals surface area contributed by atoms with Crippen LogP contribution in [0.2, 0.25) is 0 Å². The van der Waals surface area contributed by atoms with Crippen LogP contribution in [0.3, 0.4) is 0 Å². The summed E-state index contributed by atoms with van der Waals surface area (Å²) in [6.45, 7) is 0. The van der Waals surface area contributed by atoms with Crippen LogP contribution in [0, 0.1) is 5.92 Å². The van der Waals surface area contributed by atoms with Crippen LogP contribution in [0.25, 0.3) is 0 Å². The first kappa shape index (κ1) is 9.71. The Kier molecular flexibility index (Phi) is 2.34. The second kappa shape index (κ2) is 3.38. The van der Waals surface area contributed by atoms with Gasteiger partial charge in [0.05, 0.1) is 16.4 Å². The first-order chi connectivity index (χ1) is 6.61. The molecule has 0 aliphatic heterocycles. The van der Waals surface area contributed by atoms with Crippen molar-refractivity contribution >= 4 is 21.9 Å². The largest absolute Gasteiger partial charge is 0.481 e. The SMILES string of the molecule is Cn1ncc(Br)c1C(C(=O)O)C1CC1. The summed E-state index contributed by atoms with van der Waals surface area (Å²) < 4.78 is 2.43. The van der Waals surface area contributed by atoms with Gasteiger partial charge in [-0.1, -0.05) is 0 Å². The average Bonchev–Trinajstić information content (AvgIpc) is 2.87. The molecule has 76 valence electrons. The zero-order valence-electron chi connectivity index (χ0n) is 7.77. The van der Waals surface area contributed by atoms with Gasteiger partial charge in [0.2, 0.25) is 0 Å². The normalized spacial score (nSPS) is 18.1. The van der Waals surface area contributed by atoms with Crippen LogP contribution in [-0.4, -0.2) is 20.9 Å². The number of aromatic nitrogens is 2. The smallest absolute Gasteiger partial charge is 0.312 e. The lowest BCUT2D eigenvalue weighted by atomic mass is 10.00. The number of rotatable bonds is 3. The predicted octanol–water partition coefficient (Wildman–Crippen LogP) is 1.76. The molecule has 0 spiro atoms. The van der Waals surface area contributed by atoms with Crippen molar-refractivity contribution in [1.82, 2.24) is 9.78 Å². The summed E-state index contributed by atoms with van der Waals surface area (Å²) in [4.78, 5) is 11.1. The van der Waals surface area contributed by atoms with Gasteiger partial charge in [0, 0.05) is 7.05 Å². The first-order valence-corrected chi connectivity index (χ1v) is 5.30. The zero-order valence-corrected chi connectivity index (χ0v) is 9.36. The van der Waals surface area contributed by atoms with E-state index in [2.05, 4.69) is 21.0 Å². The number of carboxylic acid groups (broad SMARTS) is 1. The van der Waals surface area contributed by atoms with E-state index in [1.165, 1.54) is 0 Å². The van der Waals surface area contributed by atoms with Gasteiger partial charge in [-0.05, 0) is 34.7 Å². The minimum Gasteiger partial charge on any atom is -0.481 e. The minimum atomic E-state index is -0.753. The van der Waals surface area contributed by atoms with E-state index in [1.807, 2.05) is 0 Å². The molecule has 0 radical (unpaired) electrons. The van der Waals surface area contributed by atoms with Crippen LogP contribution >= 0.6 is 15.9 Å². The van der Waals surface area contributed by atoms with Crippen molar-refractivity contribution in [3.8, 4) is 0 Å². The molecule has 0 saturated heterocycles. The summed E-state index contributed by atoms with van der Waals surface area (Å²) >= 11 is 3.34. The minimum absolute atomic E-state index is 0.291. The number of hydrogen-bond acceptors (Lipinski definition) is 2. The van der Waals surface area contributed by atoms with E-state index in [0.717, 1.165) is 23.0 Å². The maximum absolute atomic E-state index is 11.1. The van der Waals surface area contributed by atoms with Crippen molar-refractivity contribution in [3.05, 3.63) is 16.4 Å². The van der Waals surface area contributed by atoms with E-state index in [-0.39, 0.29) is 0 Å². The van der Waals surface area contributed by atoms with E-state index in [4.69, 9.17) is 5.11 Å². The van der Waals surface area contributed by atoms with Crippen molar-refractivity contribution < 1.29 is 9.90 Å². The molecular weight excluding hydrogens is 248 g/mol. The van der Waals surface area contributed by atoms with Crippen molar-refractivity contribution in [3.63, 3.8) is 0 Å². The maximum Gasteiger partial charge on any atom is 0.312 e. The number of halogens is 1. The lowest BCUT2D eigenvalue weighted by Crippen LogP contribution is -2.17. The van der Waals surface area contributed by atoms with E-state index in [0.29, 0.717) is 5.92 Å². The van der Waals surface area contributed by atoms with Crippen LogP contribution in [0.15, 0.2) is 10.7 Å². The van der Waals surface area contributed by atoms with Crippen molar-refractivity contribution in [1.29, 1.82) is 0 Å². The molecule has 1 heterocycles. The molecule has 0 bridgehead atoms. The van der Waals surface area contributed by atoms with Crippen LogP contribution in [0.4, 0.5) is 0 Å². The second-order valence-electron chi connectivity index (χ2n) is 3.65. The van der Waals surface area contributed by atoms with Crippen molar-refractivity contribution in [2.45, 2.75) is 18.8 Å². The monoisotopic (exact) mass is 258 g/mol. The Morgan fingerprint density at radius 2 is 2.43 bits per heavy atom. The summed E-state index contributed by atoms with van der Waals surface area (Å²) in [6.07, 6.45) is 3.66. The lowest BCUT2D eigenvalue weighted by Gasteiger charge is -2.12. The summed E-state index contributed by atoms with van der Waals surface area (Å²) in [5, 5.41) is 13.2. The molecule has 0 aromatic carbocycles. The van der Waals surface area contributed by atoms with Gasteiger partial charge in [-0.15, -0.1) is 0 Å². The molecule has 1 aliphatic rings. The molecule has 1 N–H and O–H groups in total. The summed E-state index contributed by atoms with van der Waals surface area (Å²) in [5.41, 5.74) is 0.778. The van der Waals surface area contributed by atoms with E-state index >= 15 is 0 Å². The molecule has 14 heavy (non-hydrogen) atoms. The van der Waals surface area contributed by atoms with Gasteiger partial charge in [-0.25, -0.2) is 0 Å². The molecule has 1 aromatic rings. The van der Waals surface area contributed by atoms with Gasteiger partial charge in [0.1, 0.15) is 5.92 Å². The highest BCUT2D eigenvalue weighted by Gasteiger charge is 2.40. The standard InChI is InChI=1S/C9H11BrN2O2/c1-12-8(6(10)4-11-12)7(9(13)14)5-2-3-5/h4-5,7H,2-3H2,1H3,(H,13,14). The van der Waals surface area contributed by atoms with Gasteiger partial charge < -0.3 is 5.11 Å². The summed E-state index contributed by atoms with van der Waals surface area (Å²) in [5.74, 6) is -0.868. The molecule has 4 nitrogen and oxygen atoms in total. The Bertz CT molecular complexity index is 351. The molecular formula is C9H11BrN2O2. The predicted molar refractivity (Wildman–Crippen MR) is 54.0 cm³/mol. The molecule has 2 rings (SSSR count). The van der Waals surface area contributed by atoms with Crippen molar-refractivity contribution in [2.75, 3.05) is 0 Å². The molecule has 1 unspecified atom stereocenters. The van der Waals surface area contributed by atoms with Crippen LogP contribution in [-0.2, 0) is 11.8 Å². The van der Waals surface area contributed by atoms with Gasteiger partial charge in [0.15, 0.2) is 0 Å². The summed E-state index contributed by atoms with van der Waals surface area (Å²) in [7, 11) is 1.78. The van der Waals surface area contributed by atoms with Crippen LogP contribution in [0.5, 0.6) is 0 Å². The maximum atomic E-state index is 11.1. The fourth-order valence-electron chi connectivity index (χ4n) is 1.74. The fraction of sp³-hybridized carbons (Fsp3) is 0.556. The van der Waals surface area contributed by atoms with E-state index in [1.54, 1.807) is 17.9 Å².